The number of amides is 1. The van der Waals surface area contributed by atoms with E-state index in [-0.39, 0.29) is 11.5 Å². The molecule has 6 heteroatoms. The zero-order valence-electron chi connectivity index (χ0n) is 11.0. The minimum atomic E-state index is -0.962. The van der Waals surface area contributed by atoms with Gasteiger partial charge in [0.2, 0.25) is 5.91 Å². The highest BCUT2D eigenvalue weighted by molar-refractivity contribution is 9.10. The van der Waals surface area contributed by atoms with Crippen molar-refractivity contribution in [2.45, 2.75) is 19.4 Å². The summed E-state index contributed by atoms with van der Waals surface area (Å²) in [4.78, 5) is 24.8. The maximum absolute atomic E-state index is 12.1. The molecule has 0 spiro atoms. The van der Waals surface area contributed by atoms with E-state index in [1.54, 1.807) is 29.2 Å². The fourth-order valence-electron chi connectivity index (χ4n) is 2.46. The van der Waals surface area contributed by atoms with Crippen LogP contribution in [0.1, 0.15) is 28.1 Å². The molecule has 0 saturated heterocycles. The van der Waals surface area contributed by atoms with Crippen LogP contribution in [0.4, 0.5) is 5.69 Å². The predicted octanol–water partition coefficient (Wildman–Crippen LogP) is 3.22. The van der Waals surface area contributed by atoms with Gasteiger partial charge in [0.15, 0.2) is 4.67 Å². The van der Waals surface area contributed by atoms with Gasteiger partial charge in [-0.15, -0.1) is 0 Å². The normalized spacial score (nSPS) is 14.1. The molecular formula is C15H12BrNO4. The number of fused-ring (bicyclic) bond motifs is 1. The van der Waals surface area contributed by atoms with Crippen molar-refractivity contribution < 1.29 is 19.1 Å². The second-order valence-electron chi connectivity index (χ2n) is 4.83. The number of furan rings is 1. The van der Waals surface area contributed by atoms with Crippen molar-refractivity contribution in [1.82, 2.24) is 0 Å². The Bertz CT molecular complexity index is 722. The topological polar surface area (TPSA) is 70.8 Å². The Morgan fingerprint density at radius 2 is 2.10 bits per heavy atom. The van der Waals surface area contributed by atoms with Crippen molar-refractivity contribution >= 4 is 33.5 Å². The molecule has 5 nitrogen and oxygen atoms in total. The Morgan fingerprint density at radius 3 is 2.76 bits per heavy atom. The molecule has 2 aromatic rings. The molecule has 21 heavy (non-hydrogen) atoms. The van der Waals surface area contributed by atoms with E-state index in [4.69, 9.17) is 9.52 Å². The second kappa shape index (κ2) is 5.37. The maximum atomic E-state index is 12.1. The summed E-state index contributed by atoms with van der Waals surface area (Å²) in [5, 5.41) is 9.04. The highest BCUT2D eigenvalue weighted by Gasteiger charge is 2.25. The van der Waals surface area contributed by atoms with E-state index in [0.717, 1.165) is 11.3 Å². The van der Waals surface area contributed by atoms with Crippen LogP contribution in [0, 0.1) is 0 Å². The standard InChI is InChI=1S/C15H12BrNO4/c16-13-5-3-11(21-13)8-17-12-4-1-10(15(19)20)7-9(12)2-6-14(17)18/h1,3-5,7H,2,6,8H2,(H,19,20). The van der Waals surface area contributed by atoms with Gasteiger partial charge in [-0.3, -0.25) is 4.79 Å². The van der Waals surface area contributed by atoms with Crippen LogP contribution in [0.5, 0.6) is 0 Å². The van der Waals surface area contributed by atoms with Crippen LogP contribution in [0.3, 0.4) is 0 Å². The summed E-state index contributed by atoms with van der Waals surface area (Å²) in [5.41, 5.74) is 1.87. The van der Waals surface area contributed by atoms with Crippen LogP contribution in [0.15, 0.2) is 39.4 Å². The second-order valence-corrected chi connectivity index (χ2v) is 5.62. The average Bonchev–Trinajstić information content (AvgIpc) is 2.87. The lowest BCUT2D eigenvalue weighted by molar-refractivity contribution is -0.119. The number of anilines is 1. The molecule has 0 unspecified atom stereocenters. The van der Waals surface area contributed by atoms with Gasteiger partial charge in [-0.25, -0.2) is 4.79 Å². The summed E-state index contributed by atoms with van der Waals surface area (Å²) in [6.07, 6.45) is 0.936. The summed E-state index contributed by atoms with van der Waals surface area (Å²) >= 11 is 3.23. The molecule has 0 fully saturated rings. The first-order valence-electron chi connectivity index (χ1n) is 6.45. The summed E-state index contributed by atoms with van der Waals surface area (Å²) in [7, 11) is 0. The van der Waals surface area contributed by atoms with E-state index in [0.29, 0.717) is 29.8 Å². The van der Waals surface area contributed by atoms with Gasteiger partial charge in [-0.05, 0) is 58.2 Å². The van der Waals surface area contributed by atoms with Crippen LogP contribution >= 0.6 is 15.9 Å². The Hall–Kier alpha value is -2.08. The lowest BCUT2D eigenvalue weighted by Gasteiger charge is -2.29. The van der Waals surface area contributed by atoms with Gasteiger partial charge in [-0.1, -0.05) is 0 Å². The number of carbonyl (C=O) groups is 2. The molecule has 2 heterocycles. The van der Waals surface area contributed by atoms with Gasteiger partial charge in [0.05, 0.1) is 12.1 Å². The fourth-order valence-corrected chi connectivity index (χ4v) is 2.80. The Morgan fingerprint density at radius 1 is 1.29 bits per heavy atom. The summed E-state index contributed by atoms with van der Waals surface area (Å²) in [5.74, 6) is -0.278. The fraction of sp³-hybridized carbons (Fsp3) is 0.200. The van der Waals surface area contributed by atoms with Crippen LogP contribution < -0.4 is 4.90 Å². The molecule has 0 saturated carbocycles. The third-order valence-electron chi connectivity index (χ3n) is 3.47. The third-order valence-corrected chi connectivity index (χ3v) is 3.90. The first-order valence-corrected chi connectivity index (χ1v) is 7.24. The van der Waals surface area contributed by atoms with Gasteiger partial charge in [-0.2, -0.15) is 0 Å². The molecule has 1 aromatic heterocycles. The zero-order chi connectivity index (χ0) is 15.0. The van der Waals surface area contributed by atoms with E-state index in [2.05, 4.69) is 15.9 Å². The molecular weight excluding hydrogens is 338 g/mol. The van der Waals surface area contributed by atoms with E-state index < -0.39 is 5.97 Å². The lowest BCUT2D eigenvalue weighted by Crippen LogP contribution is -2.34. The number of halogens is 1. The number of carboxylic acid groups (broad SMARTS) is 1. The Kier molecular flexibility index (Phi) is 3.55. The first kappa shape index (κ1) is 13.9. The van der Waals surface area contributed by atoms with E-state index in [9.17, 15) is 9.59 Å². The van der Waals surface area contributed by atoms with Crippen molar-refractivity contribution in [3.63, 3.8) is 0 Å². The minimum absolute atomic E-state index is 0.0121. The number of hydrogen-bond acceptors (Lipinski definition) is 3. The summed E-state index contributed by atoms with van der Waals surface area (Å²) in [6.45, 7) is 0.337. The Balaban J connectivity index is 1.95. The molecule has 1 N–H and O–H groups in total. The largest absolute Gasteiger partial charge is 0.478 e. The van der Waals surface area contributed by atoms with Gasteiger partial charge in [0.25, 0.3) is 0 Å². The molecule has 1 aliphatic heterocycles. The van der Waals surface area contributed by atoms with E-state index >= 15 is 0 Å². The highest BCUT2D eigenvalue weighted by Crippen LogP contribution is 2.30. The average molecular weight is 350 g/mol. The van der Waals surface area contributed by atoms with Crippen molar-refractivity contribution in [1.29, 1.82) is 0 Å². The number of rotatable bonds is 3. The SMILES string of the molecule is O=C(O)c1ccc2c(c1)CCC(=O)N2Cc1ccc(Br)o1. The van der Waals surface area contributed by atoms with Crippen molar-refractivity contribution in [3.05, 3.63) is 51.9 Å². The summed E-state index contributed by atoms with van der Waals surface area (Å²) in [6, 6.07) is 8.42. The van der Waals surface area contributed by atoms with Crippen molar-refractivity contribution in [3.8, 4) is 0 Å². The quantitative estimate of drug-likeness (QED) is 0.923. The van der Waals surface area contributed by atoms with Crippen LogP contribution in [-0.4, -0.2) is 17.0 Å². The number of hydrogen-bond donors (Lipinski definition) is 1. The van der Waals surface area contributed by atoms with Gasteiger partial charge in [0, 0.05) is 12.1 Å². The zero-order valence-corrected chi connectivity index (χ0v) is 12.6. The number of carboxylic acids is 1. The molecule has 1 aromatic carbocycles. The molecule has 0 bridgehead atoms. The molecule has 0 radical (unpaired) electrons. The maximum Gasteiger partial charge on any atom is 0.335 e. The molecule has 108 valence electrons. The van der Waals surface area contributed by atoms with E-state index in [1.165, 1.54) is 6.07 Å². The molecule has 0 aliphatic carbocycles. The van der Waals surface area contributed by atoms with Gasteiger partial charge < -0.3 is 14.4 Å². The van der Waals surface area contributed by atoms with E-state index in [1.807, 2.05) is 0 Å². The van der Waals surface area contributed by atoms with Gasteiger partial charge in [0.1, 0.15) is 5.76 Å². The van der Waals surface area contributed by atoms with Crippen LogP contribution in [0.2, 0.25) is 0 Å². The highest BCUT2D eigenvalue weighted by atomic mass is 79.9. The molecule has 3 rings (SSSR count). The van der Waals surface area contributed by atoms with Crippen molar-refractivity contribution in [2.75, 3.05) is 4.90 Å². The number of aromatic carboxylic acids is 1. The van der Waals surface area contributed by atoms with Gasteiger partial charge >= 0.3 is 5.97 Å². The minimum Gasteiger partial charge on any atom is -0.478 e. The first-order chi connectivity index (χ1) is 10.0. The number of benzene rings is 1. The molecule has 0 atom stereocenters. The Labute approximate surface area is 129 Å². The molecule has 1 aliphatic rings. The van der Waals surface area contributed by atoms with Crippen LogP contribution in [0.25, 0.3) is 0 Å². The predicted molar refractivity (Wildman–Crippen MR) is 79.3 cm³/mol. The third kappa shape index (κ3) is 2.71. The smallest absolute Gasteiger partial charge is 0.335 e. The number of aryl methyl sites for hydroxylation is 1. The van der Waals surface area contributed by atoms with Crippen LogP contribution in [-0.2, 0) is 17.8 Å². The molecule has 1 amide bonds. The monoisotopic (exact) mass is 349 g/mol. The lowest BCUT2D eigenvalue weighted by atomic mass is 9.98. The summed E-state index contributed by atoms with van der Waals surface area (Å²) < 4.78 is 6.05. The number of carbonyl (C=O) groups excluding carboxylic acids is 1. The number of nitrogens with zero attached hydrogens (tertiary/aromatic N) is 1. The van der Waals surface area contributed by atoms with Crippen molar-refractivity contribution in [2.24, 2.45) is 0 Å².